The predicted molar refractivity (Wildman–Crippen MR) is 77.2 cm³/mol. The van der Waals surface area contributed by atoms with Crippen molar-refractivity contribution in [2.24, 2.45) is 0 Å². The van der Waals surface area contributed by atoms with Crippen molar-refractivity contribution in [2.45, 2.75) is 84.5 Å². The van der Waals surface area contributed by atoms with Gasteiger partial charge in [-0.05, 0) is 13.3 Å². The number of hydrogen-bond donors (Lipinski definition) is 0. The van der Waals surface area contributed by atoms with Gasteiger partial charge in [-0.3, -0.25) is 9.59 Å². The largest absolute Gasteiger partial charge is 0.300 e. The number of ketones is 3. The first-order valence-corrected chi connectivity index (χ1v) is 7.63. The fraction of sp³-hybridized carbons (Fsp3) is 0.812. The third kappa shape index (κ3) is 11.8. The van der Waals surface area contributed by atoms with Crippen LogP contribution in [0.5, 0.6) is 0 Å². The molecular formula is C16H28O3. The van der Waals surface area contributed by atoms with E-state index in [1.165, 1.54) is 39.0 Å². The van der Waals surface area contributed by atoms with Gasteiger partial charge in [-0.25, -0.2) is 0 Å². The third-order valence-electron chi connectivity index (χ3n) is 3.27. The van der Waals surface area contributed by atoms with Gasteiger partial charge in [-0.2, -0.15) is 0 Å². The number of unbranched alkanes of at least 4 members (excludes halogenated alkanes) is 7. The molecule has 19 heavy (non-hydrogen) atoms. The van der Waals surface area contributed by atoms with Crippen LogP contribution in [0.3, 0.4) is 0 Å². The lowest BCUT2D eigenvalue weighted by molar-refractivity contribution is -0.137. The monoisotopic (exact) mass is 268 g/mol. The number of carbonyl (C=O) groups excluding carboxylic acids is 3. The Balaban J connectivity index is 3.42. The maximum absolute atomic E-state index is 11.5. The van der Waals surface area contributed by atoms with Crippen LogP contribution in [-0.2, 0) is 14.4 Å². The molecular weight excluding hydrogens is 240 g/mol. The van der Waals surface area contributed by atoms with Gasteiger partial charge < -0.3 is 4.79 Å². The summed E-state index contributed by atoms with van der Waals surface area (Å²) >= 11 is 0. The summed E-state index contributed by atoms with van der Waals surface area (Å²) in [5, 5.41) is 0. The molecule has 0 aromatic rings. The molecule has 0 aromatic carbocycles. The molecule has 0 aliphatic carbocycles. The summed E-state index contributed by atoms with van der Waals surface area (Å²) in [5.74, 6) is -0.710. The van der Waals surface area contributed by atoms with Gasteiger partial charge in [0.05, 0.1) is 0 Å². The quantitative estimate of drug-likeness (QED) is 0.374. The summed E-state index contributed by atoms with van der Waals surface area (Å²) < 4.78 is 0. The average Bonchev–Trinajstić information content (AvgIpc) is 2.38. The molecule has 0 aromatic heterocycles. The van der Waals surface area contributed by atoms with E-state index >= 15 is 0 Å². The van der Waals surface area contributed by atoms with E-state index in [1.54, 1.807) is 0 Å². The van der Waals surface area contributed by atoms with Crippen LogP contribution in [0.1, 0.15) is 84.5 Å². The Bertz CT molecular complexity index is 282. The lowest BCUT2D eigenvalue weighted by Gasteiger charge is -2.01. The van der Waals surface area contributed by atoms with E-state index in [-0.39, 0.29) is 30.2 Å². The molecule has 0 rings (SSSR count). The van der Waals surface area contributed by atoms with Gasteiger partial charge in [0.25, 0.3) is 0 Å². The van der Waals surface area contributed by atoms with Crippen LogP contribution < -0.4 is 0 Å². The first-order chi connectivity index (χ1) is 9.07. The van der Waals surface area contributed by atoms with Gasteiger partial charge in [0, 0.05) is 19.3 Å². The minimum atomic E-state index is -0.377. The smallest absolute Gasteiger partial charge is 0.198 e. The molecule has 0 heterocycles. The molecule has 3 heteroatoms. The fourth-order valence-electron chi connectivity index (χ4n) is 1.99. The third-order valence-corrected chi connectivity index (χ3v) is 3.27. The van der Waals surface area contributed by atoms with Crippen molar-refractivity contribution in [2.75, 3.05) is 0 Å². The first-order valence-electron chi connectivity index (χ1n) is 7.63. The highest BCUT2D eigenvalue weighted by Crippen LogP contribution is 2.10. The highest BCUT2D eigenvalue weighted by molar-refractivity contribution is 6.37. The van der Waals surface area contributed by atoms with E-state index < -0.39 is 0 Å². The average molecular weight is 268 g/mol. The molecule has 0 spiro atoms. The van der Waals surface area contributed by atoms with Crippen LogP contribution in [0.15, 0.2) is 0 Å². The Morgan fingerprint density at radius 2 is 1.11 bits per heavy atom. The van der Waals surface area contributed by atoms with E-state index in [0.717, 1.165) is 19.3 Å². The molecule has 0 fully saturated rings. The van der Waals surface area contributed by atoms with E-state index in [4.69, 9.17) is 0 Å². The summed E-state index contributed by atoms with van der Waals surface area (Å²) in [6.07, 6.45) is 10.00. The zero-order valence-corrected chi connectivity index (χ0v) is 12.5. The zero-order chi connectivity index (χ0) is 14.5. The molecule has 0 aliphatic heterocycles. The topological polar surface area (TPSA) is 51.2 Å². The van der Waals surface area contributed by atoms with Crippen LogP contribution in [0.4, 0.5) is 0 Å². The van der Waals surface area contributed by atoms with E-state index in [1.807, 2.05) is 0 Å². The summed E-state index contributed by atoms with van der Waals surface area (Å²) in [6, 6.07) is 0. The van der Waals surface area contributed by atoms with Gasteiger partial charge in [-0.15, -0.1) is 0 Å². The normalized spacial score (nSPS) is 10.4. The first kappa shape index (κ1) is 18.0. The summed E-state index contributed by atoms with van der Waals surface area (Å²) in [4.78, 5) is 33.6. The van der Waals surface area contributed by atoms with Crippen LogP contribution in [0.25, 0.3) is 0 Å². The summed E-state index contributed by atoms with van der Waals surface area (Å²) in [7, 11) is 0. The molecule has 0 aliphatic rings. The number of hydrogen-bond acceptors (Lipinski definition) is 3. The van der Waals surface area contributed by atoms with E-state index in [2.05, 4.69) is 6.92 Å². The van der Waals surface area contributed by atoms with E-state index in [9.17, 15) is 14.4 Å². The van der Waals surface area contributed by atoms with Crippen LogP contribution in [0.2, 0.25) is 0 Å². The van der Waals surface area contributed by atoms with Gasteiger partial charge >= 0.3 is 0 Å². The number of Topliss-reactive ketones (excluding diaryl/α,β-unsaturated/α-hetero) is 3. The highest BCUT2D eigenvalue weighted by atomic mass is 16.2. The minimum Gasteiger partial charge on any atom is -0.300 e. The van der Waals surface area contributed by atoms with Crippen molar-refractivity contribution in [3.8, 4) is 0 Å². The van der Waals surface area contributed by atoms with Crippen LogP contribution in [0, 0.1) is 0 Å². The lowest BCUT2D eigenvalue weighted by atomic mass is 10.0. The number of rotatable bonds is 13. The van der Waals surface area contributed by atoms with Crippen molar-refractivity contribution in [3.05, 3.63) is 0 Å². The molecule has 0 saturated heterocycles. The second kappa shape index (κ2) is 12.1. The van der Waals surface area contributed by atoms with Crippen molar-refractivity contribution in [1.82, 2.24) is 0 Å². The Morgan fingerprint density at radius 3 is 1.63 bits per heavy atom. The SMILES string of the molecule is CCCCCCCCCCC(=O)C(=O)CCC(C)=O. The Labute approximate surface area is 117 Å². The second-order valence-electron chi connectivity index (χ2n) is 5.27. The van der Waals surface area contributed by atoms with Gasteiger partial charge in [-0.1, -0.05) is 51.9 Å². The maximum Gasteiger partial charge on any atom is 0.198 e. The van der Waals surface area contributed by atoms with E-state index in [0.29, 0.717) is 6.42 Å². The molecule has 0 atom stereocenters. The van der Waals surface area contributed by atoms with Gasteiger partial charge in [0.1, 0.15) is 5.78 Å². The molecule has 0 radical (unpaired) electrons. The van der Waals surface area contributed by atoms with Crippen LogP contribution >= 0.6 is 0 Å². The molecule has 0 unspecified atom stereocenters. The van der Waals surface area contributed by atoms with Gasteiger partial charge in [0.15, 0.2) is 11.6 Å². The van der Waals surface area contributed by atoms with Crippen molar-refractivity contribution in [1.29, 1.82) is 0 Å². The Morgan fingerprint density at radius 1 is 0.632 bits per heavy atom. The van der Waals surface area contributed by atoms with Crippen molar-refractivity contribution < 1.29 is 14.4 Å². The molecule has 110 valence electrons. The van der Waals surface area contributed by atoms with Crippen LogP contribution in [-0.4, -0.2) is 17.3 Å². The maximum atomic E-state index is 11.5. The summed E-state index contributed by atoms with van der Waals surface area (Å²) in [6.45, 7) is 3.64. The summed E-state index contributed by atoms with van der Waals surface area (Å²) in [5.41, 5.74) is 0. The number of carbonyl (C=O) groups is 3. The second-order valence-corrected chi connectivity index (χ2v) is 5.27. The molecule has 3 nitrogen and oxygen atoms in total. The fourth-order valence-corrected chi connectivity index (χ4v) is 1.99. The van der Waals surface area contributed by atoms with Crippen molar-refractivity contribution in [3.63, 3.8) is 0 Å². The molecule has 0 N–H and O–H groups in total. The lowest BCUT2D eigenvalue weighted by Crippen LogP contribution is -2.14. The Hall–Kier alpha value is -0.990. The van der Waals surface area contributed by atoms with Crippen molar-refractivity contribution >= 4 is 17.3 Å². The molecule has 0 bridgehead atoms. The predicted octanol–water partition coefficient (Wildman–Crippen LogP) is 4.02. The standard InChI is InChI=1S/C16H28O3/c1-3-4-5-6-7-8-9-10-11-15(18)16(19)13-12-14(2)17/h3-13H2,1-2H3. The molecule has 0 amide bonds. The molecule has 0 saturated carbocycles. The van der Waals surface area contributed by atoms with Gasteiger partial charge in [0.2, 0.25) is 0 Å². The Kier molecular flexibility index (Phi) is 11.4. The minimum absolute atomic E-state index is 0.0340. The zero-order valence-electron chi connectivity index (χ0n) is 12.5. The highest BCUT2D eigenvalue weighted by Gasteiger charge is 2.13.